The summed E-state index contributed by atoms with van der Waals surface area (Å²) in [5, 5.41) is 3.54. The molecule has 1 unspecified atom stereocenters. The van der Waals surface area contributed by atoms with Gasteiger partial charge in [-0.1, -0.05) is 23.2 Å². The van der Waals surface area contributed by atoms with Gasteiger partial charge < -0.3 is 10.1 Å². The minimum absolute atomic E-state index is 0.112. The Hall–Kier alpha value is -2.05. The lowest BCUT2D eigenvalue weighted by Crippen LogP contribution is -2.39. The van der Waals surface area contributed by atoms with Crippen molar-refractivity contribution in [2.45, 2.75) is 33.4 Å². The molecule has 1 aromatic heterocycles. The molecule has 134 valence electrons. The summed E-state index contributed by atoms with van der Waals surface area (Å²) < 4.78 is 7.00. The Morgan fingerprint density at radius 2 is 2.08 bits per heavy atom. The van der Waals surface area contributed by atoms with Crippen LogP contribution in [0.4, 0.5) is 0 Å². The smallest absolute Gasteiger partial charge is 0.260 e. The van der Waals surface area contributed by atoms with E-state index < -0.39 is 6.10 Å². The zero-order valence-electron chi connectivity index (χ0n) is 14.2. The number of hydrogen-bond donors (Lipinski definition) is 1. The Morgan fingerprint density at radius 1 is 1.36 bits per heavy atom. The number of amides is 1. The number of rotatable bonds is 6. The number of aryl methyl sites for hydroxylation is 1. The summed E-state index contributed by atoms with van der Waals surface area (Å²) in [4.78, 5) is 28.3. The highest BCUT2D eigenvalue weighted by atomic mass is 35.5. The van der Waals surface area contributed by atoms with E-state index in [1.54, 1.807) is 39.0 Å². The molecule has 0 aliphatic heterocycles. The van der Waals surface area contributed by atoms with Crippen molar-refractivity contribution in [2.24, 2.45) is 0 Å². The molecular formula is C17H19Cl2N3O3. The van der Waals surface area contributed by atoms with Crippen molar-refractivity contribution in [3.63, 3.8) is 0 Å². The van der Waals surface area contributed by atoms with Gasteiger partial charge in [0.05, 0.1) is 11.3 Å². The monoisotopic (exact) mass is 383 g/mol. The number of carbonyl (C=O) groups is 1. The van der Waals surface area contributed by atoms with Crippen LogP contribution in [0.1, 0.15) is 18.2 Å². The third-order valence-corrected chi connectivity index (χ3v) is 4.26. The average molecular weight is 384 g/mol. The summed E-state index contributed by atoms with van der Waals surface area (Å²) in [5.74, 6) is 0.0687. The highest BCUT2D eigenvalue weighted by molar-refractivity contribution is 6.35. The molecule has 0 saturated heterocycles. The highest BCUT2D eigenvalue weighted by Gasteiger charge is 2.16. The standard InChI is InChI=1S/C17H19Cl2N3O3/c1-10-11(2)21-9-22(17(10)24)7-6-20-16(23)12(3)25-15-5-4-13(18)8-14(15)19/h4-5,8-9,12H,6-7H2,1-3H3,(H,20,23). The third kappa shape index (κ3) is 4.96. The number of nitrogens with zero attached hydrogens (tertiary/aromatic N) is 2. The molecule has 1 aromatic carbocycles. The van der Waals surface area contributed by atoms with Crippen molar-refractivity contribution in [3.8, 4) is 5.75 Å². The lowest BCUT2D eigenvalue weighted by molar-refractivity contribution is -0.127. The van der Waals surface area contributed by atoms with Crippen molar-refractivity contribution in [1.29, 1.82) is 0 Å². The Morgan fingerprint density at radius 3 is 2.76 bits per heavy atom. The van der Waals surface area contributed by atoms with E-state index in [0.29, 0.717) is 33.6 Å². The fourth-order valence-corrected chi connectivity index (χ4v) is 2.55. The molecular weight excluding hydrogens is 365 g/mol. The second-order valence-corrected chi connectivity index (χ2v) is 6.42. The predicted octanol–water partition coefficient (Wildman–Crippen LogP) is 2.75. The number of ether oxygens (including phenoxy) is 1. The molecule has 0 aliphatic rings. The first-order valence-electron chi connectivity index (χ1n) is 7.71. The Labute approximate surface area is 155 Å². The molecule has 0 radical (unpaired) electrons. The second-order valence-electron chi connectivity index (χ2n) is 5.58. The topological polar surface area (TPSA) is 73.2 Å². The van der Waals surface area contributed by atoms with Gasteiger partial charge in [0.2, 0.25) is 0 Å². The molecule has 0 fully saturated rings. The molecule has 25 heavy (non-hydrogen) atoms. The summed E-state index contributed by atoms with van der Waals surface area (Å²) in [5.41, 5.74) is 1.19. The zero-order chi connectivity index (χ0) is 18.6. The summed E-state index contributed by atoms with van der Waals surface area (Å²) in [6.07, 6.45) is 0.734. The lowest BCUT2D eigenvalue weighted by Gasteiger charge is -2.16. The van der Waals surface area contributed by atoms with Gasteiger partial charge in [0.25, 0.3) is 11.5 Å². The van der Waals surface area contributed by atoms with Crippen LogP contribution in [0.5, 0.6) is 5.75 Å². The van der Waals surface area contributed by atoms with Gasteiger partial charge in [-0.2, -0.15) is 0 Å². The van der Waals surface area contributed by atoms with Gasteiger partial charge in [-0.15, -0.1) is 0 Å². The normalized spacial score (nSPS) is 11.9. The highest BCUT2D eigenvalue weighted by Crippen LogP contribution is 2.28. The first-order valence-corrected chi connectivity index (χ1v) is 8.47. The van der Waals surface area contributed by atoms with Gasteiger partial charge in [-0.3, -0.25) is 14.2 Å². The van der Waals surface area contributed by atoms with E-state index in [2.05, 4.69) is 10.3 Å². The number of nitrogens with one attached hydrogen (secondary N) is 1. The van der Waals surface area contributed by atoms with Crippen LogP contribution in [0.25, 0.3) is 0 Å². The Kier molecular flexibility index (Phi) is 6.45. The van der Waals surface area contributed by atoms with Crippen LogP contribution < -0.4 is 15.6 Å². The Balaban J connectivity index is 1.89. The molecule has 0 saturated carbocycles. The summed E-state index contributed by atoms with van der Waals surface area (Å²) in [6.45, 7) is 5.73. The lowest BCUT2D eigenvalue weighted by atomic mass is 10.3. The van der Waals surface area contributed by atoms with Gasteiger partial charge in [-0.05, 0) is 39.0 Å². The number of benzene rings is 1. The van der Waals surface area contributed by atoms with E-state index in [9.17, 15) is 9.59 Å². The Bertz CT molecular complexity index is 836. The number of halogens is 2. The maximum atomic E-state index is 12.1. The van der Waals surface area contributed by atoms with Crippen molar-refractivity contribution in [1.82, 2.24) is 14.9 Å². The van der Waals surface area contributed by atoms with Crippen LogP contribution >= 0.6 is 23.2 Å². The van der Waals surface area contributed by atoms with Crippen LogP contribution in [-0.2, 0) is 11.3 Å². The third-order valence-electron chi connectivity index (χ3n) is 3.73. The molecule has 0 aliphatic carbocycles. The van der Waals surface area contributed by atoms with Crippen LogP contribution in [0.2, 0.25) is 10.0 Å². The number of carbonyl (C=O) groups excluding carboxylic acids is 1. The maximum absolute atomic E-state index is 12.1. The van der Waals surface area contributed by atoms with E-state index in [-0.39, 0.29) is 18.0 Å². The van der Waals surface area contributed by atoms with E-state index >= 15 is 0 Å². The molecule has 1 N–H and O–H groups in total. The molecule has 8 heteroatoms. The van der Waals surface area contributed by atoms with E-state index in [1.165, 1.54) is 10.9 Å². The van der Waals surface area contributed by atoms with Crippen LogP contribution in [-0.4, -0.2) is 28.1 Å². The van der Waals surface area contributed by atoms with Gasteiger partial charge >= 0.3 is 0 Å². The zero-order valence-corrected chi connectivity index (χ0v) is 15.7. The fourth-order valence-electron chi connectivity index (χ4n) is 2.09. The summed E-state index contributed by atoms with van der Waals surface area (Å²) in [6, 6.07) is 4.78. The van der Waals surface area contributed by atoms with Gasteiger partial charge in [0.15, 0.2) is 6.10 Å². The van der Waals surface area contributed by atoms with E-state index in [4.69, 9.17) is 27.9 Å². The minimum Gasteiger partial charge on any atom is -0.479 e. The molecule has 0 bridgehead atoms. The molecule has 1 atom stereocenters. The van der Waals surface area contributed by atoms with Gasteiger partial charge in [0, 0.05) is 29.4 Å². The first-order chi connectivity index (χ1) is 11.8. The molecule has 1 heterocycles. The minimum atomic E-state index is -0.742. The van der Waals surface area contributed by atoms with Crippen molar-refractivity contribution < 1.29 is 9.53 Å². The molecule has 6 nitrogen and oxygen atoms in total. The van der Waals surface area contributed by atoms with E-state index in [0.717, 1.165) is 0 Å². The molecule has 0 spiro atoms. The van der Waals surface area contributed by atoms with E-state index in [1.807, 2.05) is 0 Å². The van der Waals surface area contributed by atoms with Crippen LogP contribution in [0.3, 0.4) is 0 Å². The number of hydrogen-bond acceptors (Lipinski definition) is 4. The fraction of sp³-hybridized carbons (Fsp3) is 0.353. The quantitative estimate of drug-likeness (QED) is 0.831. The SMILES string of the molecule is Cc1ncn(CCNC(=O)C(C)Oc2ccc(Cl)cc2Cl)c(=O)c1C. The van der Waals surface area contributed by atoms with Crippen molar-refractivity contribution in [2.75, 3.05) is 6.54 Å². The van der Waals surface area contributed by atoms with Crippen molar-refractivity contribution >= 4 is 29.1 Å². The molecule has 1 amide bonds. The predicted molar refractivity (Wildman–Crippen MR) is 97.5 cm³/mol. The molecule has 2 aromatic rings. The van der Waals surface area contributed by atoms with Crippen LogP contribution in [0, 0.1) is 13.8 Å². The van der Waals surface area contributed by atoms with Gasteiger partial charge in [0.1, 0.15) is 5.75 Å². The van der Waals surface area contributed by atoms with Crippen LogP contribution in [0.15, 0.2) is 29.3 Å². The van der Waals surface area contributed by atoms with Gasteiger partial charge in [-0.25, -0.2) is 4.98 Å². The molecule has 2 rings (SSSR count). The first kappa shape index (κ1) is 19.3. The number of aromatic nitrogens is 2. The largest absolute Gasteiger partial charge is 0.479 e. The maximum Gasteiger partial charge on any atom is 0.260 e. The summed E-state index contributed by atoms with van der Waals surface area (Å²) >= 11 is 11.8. The second kappa shape index (κ2) is 8.36. The van der Waals surface area contributed by atoms with Crippen molar-refractivity contribution in [3.05, 3.63) is 56.2 Å². The summed E-state index contributed by atoms with van der Waals surface area (Å²) in [7, 11) is 0. The average Bonchev–Trinajstić information content (AvgIpc) is 2.57.